The number of likely N-dealkylation sites (tertiary alicyclic amines) is 1. The zero-order chi connectivity index (χ0) is 14.5. The molecule has 0 bridgehead atoms. The Labute approximate surface area is 118 Å². The lowest BCUT2D eigenvalue weighted by atomic mass is 10.1. The number of carboxylic acids is 1. The standard InChI is InChI=1S/C15H20N2O3/c1-2-6-11-7-3-4-8-12(11)16-15(20)17-10-5-9-13(17)14(18)19/h3-4,7-8,13H,2,5-6,9-10H2,1H3,(H,16,20)(H,18,19)/t13-/m1/s1. The van der Waals surface area contributed by atoms with Gasteiger partial charge in [0.05, 0.1) is 0 Å². The van der Waals surface area contributed by atoms with Gasteiger partial charge in [0, 0.05) is 12.2 Å². The fourth-order valence-corrected chi connectivity index (χ4v) is 2.58. The van der Waals surface area contributed by atoms with Gasteiger partial charge in [-0.25, -0.2) is 9.59 Å². The van der Waals surface area contributed by atoms with E-state index in [1.54, 1.807) is 0 Å². The normalized spacial score (nSPS) is 18.1. The SMILES string of the molecule is CCCc1ccccc1NC(=O)N1CCC[C@@H]1C(=O)O. The van der Waals surface area contributed by atoms with Gasteiger partial charge >= 0.3 is 12.0 Å². The predicted molar refractivity (Wildman–Crippen MR) is 76.8 cm³/mol. The van der Waals surface area contributed by atoms with Crippen molar-refractivity contribution in [2.75, 3.05) is 11.9 Å². The first-order chi connectivity index (χ1) is 9.63. The third kappa shape index (κ3) is 3.10. The Hall–Kier alpha value is -2.04. The van der Waals surface area contributed by atoms with Crippen LogP contribution < -0.4 is 5.32 Å². The average Bonchev–Trinajstić information content (AvgIpc) is 2.91. The Kier molecular flexibility index (Phi) is 4.61. The van der Waals surface area contributed by atoms with Crippen LogP contribution in [-0.4, -0.2) is 34.6 Å². The van der Waals surface area contributed by atoms with Crippen LogP contribution in [0, 0.1) is 0 Å². The van der Waals surface area contributed by atoms with Crippen molar-refractivity contribution in [1.82, 2.24) is 4.90 Å². The van der Waals surface area contributed by atoms with Crippen molar-refractivity contribution in [2.24, 2.45) is 0 Å². The number of urea groups is 1. The third-order valence-electron chi connectivity index (χ3n) is 3.58. The molecule has 1 atom stereocenters. The summed E-state index contributed by atoms with van der Waals surface area (Å²) in [5, 5.41) is 12.0. The van der Waals surface area contributed by atoms with Crippen molar-refractivity contribution in [1.29, 1.82) is 0 Å². The molecule has 0 aromatic heterocycles. The summed E-state index contributed by atoms with van der Waals surface area (Å²) in [6, 6.07) is 6.63. The summed E-state index contributed by atoms with van der Waals surface area (Å²) >= 11 is 0. The molecule has 2 N–H and O–H groups in total. The molecule has 0 unspecified atom stereocenters. The van der Waals surface area contributed by atoms with Crippen molar-refractivity contribution in [3.05, 3.63) is 29.8 Å². The van der Waals surface area contributed by atoms with Crippen molar-refractivity contribution >= 4 is 17.7 Å². The fraction of sp³-hybridized carbons (Fsp3) is 0.467. The second-order valence-electron chi connectivity index (χ2n) is 5.03. The highest BCUT2D eigenvalue weighted by Crippen LogP contribution is 2.21. The lowest BCUT2D eigenvalue weighted by Gasteiger charge is -2.22. The third-order valence-corrected chi connectivity index (χ3v) is 3.58. The van der Waals surface area contributed by atoms with Gasteiger partial charge in [0.2, 0.25) is 0 Å². The first-order valence-electron chi connectivity index (χ1n) is 7.01. The molecular formula is C15H20N2O3. The maximum Gasteiger partial charge on any atom is 0.326 e. The Balaban J connectivity index is 2.10. The van der Waals surface area contributed by atoms with Gasteiger partial charge in [0.15, 0.2) is 0 Å². The molecule has 1 saturated heterocycles. The molecule has 0 aliphatic carbocycles. The number of anilines is 1. The maximum absolute atomic E-state index is 12.2. The van der Waals surface area contributed by atoms with E-state index in [1.165, 1.54) is 4.90 Å². The fourth-order valence-electron chi connectivity index (χ4n) is 2.58. The van der Waals surface area contributed by atoms with Crippen LogP contribution in [0.5, 0.6) is 0 Å². The van der Waals surface area contributed by atoms with Crippen LogP contribution in [0.3, 0.4) is 0 Å². The van der Waals surface area contributed by atoms with E-state index < -0.39 is 12.0 Å². The summed E-state index contributed by atoms with van der Waals surface area (Å²) in [4.78, 5) is 24.8. The molecule has 0 saturated carbocycles. The average molecular weight is 276 g/mol. The topological polar surface area (TPSA) is 69.6 Å². The van der Waals surface area contributed by atoms with Gasteiger partial charge in [-0.3, -0.25) is 0 Å². The molecule has 2 amide bonds. The van der Waals surface area contributed by atoms with Crippen molar-refractivity contribution < 1.29 is 14.7 Å². The van der Waals surface area contributed by atoms with E-state index in [4.69, 9.17) is 5.11 Å². The monoisotopic (exact) mass is 276 g/mol. The molecule has 1 aliphatic rings. The number of aliphatic carboxylic acids is 1. The van der Waals surface area contributed by atoms with Crippen LogP contribution in [0.15, 0.2) is 24.3 Å². The van der Waals surface area contributed by atoms with Crippen LogP contribution >= 0.6 is 0 Å². The molecule has 108 valence electrons. The highest BCUT2D eigenvalue weighted by Gasteiger charge is 2.34. The number of carbonyl (C=O) groups excluding carboxylic acids is 1. The smallest absolute Gasteiger partial charge is 0.326 e. The number of rotatable bonds is 4. The predicted octanol–water partition coefficient (Wildman–Crippen LogP) is 2.72. The lowest BCUT2D eigenvalue weighted by Crippen LogP contribution is -2.42. The number of para-hydroxylation sites is 1. The number of benzene rings is 1. The Morgan fingerprint density at radius 2 is 2.15 bits per heavy atom. The molecule has 5 nitrogen and oxygen atoms in total. The number of nitrogens with one attached hydrogen (secondary N) is 1. The van der Waals surface area contributed by atoms with E-state index in [0.29, 0.717) is 13.0 Å². The number of carbonyl (C=O) groups is 2. The molecule has 0 radical (unpaired) electrons. The summed E-state index contributed by atoms with van der Waals surface area (Å²) in [6.07, 6.45) is 3.15. The zero-order valence-corrected chi connectivity index (χ0v) is 11.6. The molecule has 20 heavy (non-hydrogen) atoms. The highest BCUT2D eigenvalue weighted by atomic mass is 16.4. The number of amides is 2. The van der Waals surface area contributed by atoms with Crippen LogP contribution in [0.1, 0.15) is 31.7 Å². The van der Waals surface area contributed by atoms with Gasteiger partial charge in [0.1, 0.15) is 6.04 Å². The molecule has 1 fully saturated rings. The lowest BCUT2D eigenvalue weighted by molar-refractivity contribution is -0.141. The molecule has 0 spiro atoms. The van der Waals surface area contributed by atoms with Gasteiger partial charge in [0.25, 0.3) is 0 Å². The van der Waals surface area contributed by atoms with Crippen molar-refractivity contribution in [2.45, 2.75) is 38.6 Å². The Morgan fingerprint density at radius 3 is 2.85 bits per heavy atom. The first kappa shape index (κ1) is 14.4. The number of carboxylic acid groups (broad SMARTS) is 1. The minimum absolute atomic E-state index is 0.321. The largest absolute Gasteiger partial charge is 0.480 e. The van der Waals surface area contributed by atoms with Crippen molar-refractivity contribution in [3.63, 3.8) is 0 Å². The van der Waals surface area contributed by atoms with E-state index in [2.05, 4.69) is 12.2 Å². The molecule has 1 aromatic rings. The van der Waals surface area contributed by atoms with Gasteiger partial charge in [-0.15, -0.1) is 0 Å². The molecule has 1 aromatic carbocycles. The summed E-state index contributed by atoms with van der Waals surface area (Å²) in [6.45, 7) is 2.58. The number of hydrogen-bond acceptors (Lipinski definition) is 2. The van der Waals surface area contributed by atoms with Gasteiger partial charge in [-0.1, -0.05) is 31.5 Å². The highest BCUT2D eigenvalue weighted by molar-refractivity contribution is 5.93. The molecule has 5 heteroatoms. The first-order valence-corrected chi connectivity index (χ1v) is 7.01. The summed E-state index contributed by atoms with van der Waals surface area (Å²) in [5.41, 5.74) is 1.85. The van der Waals surface area contributed by atoms with Gasteiger partial charge in [-0.2, -0.15) is 0 Å². The molecule has 2 rings (SSSR count). The second-order valence-corrected chi connectivity index (χ2v) is 5.03. The number of hydrogen-bond donors (Lipinski definition) is 2. The Bertz CT molecular complexity index is 502. The van der Waals surface area contributed by atoms with Crippen LogP contribution in [0.4, 0.5) is 10.5 Å². The number of nitrogens with zero attached hydrogens (tertiary/aromatic N) is 1. The van der Waals surface area contributed by atoms with Crippen LogP contribution in [0.25, 0.3) is 0 Å². The summed E-state index contributed by atoms with van der Waals surface area (Å²) < 4.78 is 0. The van der Waals surface area contributed by atoms with Crippen LogP contribution in [0.2, 0.25) is 0 Å². The zero-order valence-electron chi connectivity index (χ0n) is 11.6. The van der Waals surface area contributed by atoms with Gasteiger partial charge in [-0.05, 0) is 30.9 Å². The van der Waals surface area contributed by atoms with E-state index in [1.807, 2.05) is 24.3 Å². The van der Waals surface area contributed by atoms with E-state index in [9.17, 15) is 9.59 Å². The van der Waals surface area contributed by atoms with Crippen molar-refractivity contribution in [3.8, 4) is 0 Å². The number of aryl methyl sites for hydroxylation is 1. The Morgan fingerprint density at radius 1 is 1.40 bits per heavy atom. The quantitative estimate of drug-likeness (QED) is 0.888. The second kappa shape index (κ2) is 6.41. The minimum atomic E-state index is -0.931. The molecular weight excluding hydrogens is 256 g/mol. The van der Waals surface area contributed by atoms with Crippen LogP contribution in [-0.2, 0) is 11.2 Å². The van der Waals surface area contributed by atoms with E-state index in [0.717, 1.165) is 30.5 Å². The summed E-state index contributed by atoms with van der Waals surface area (Å²) in [7, 11) is 0. The van der Waals surface area contributed by atoms with E-state index in [-0.39, 0.29) is 6.03 Å². The molecule has 1 heterocycles. The summed E-state index contributed by atoms with van der Waals surface area (Å²) in [5.74, 6) is -0.931. The maximum atomic E-state index is 12.2. The van der Waals surface area contributed by atoms with E-state index >= 15 is 0 Å². The van der Waals surface area contributed by atoms with Gasteiger partial charge < -0.3 is 15.3 Å². The minimum Gasteiger partial charge on any atom is -0.480 e. The molecule has 1 aliphatic heterocycles.